The summed E-state index contributed by atoms with van der Waals surface area (Å²) in [4.78, 5) is 6.28. The van der Waals surface area contributed by atoms with Gasteiger partial charge in [0.05, 0.1) is 0 Å². The third kappa shape index (κ3) is 3.36. The summed E-state index contributed by atoms with van der Waals surface area (Å²) in [6.07, 6.45) is -4.73. The Bertz CT molecular complexity index is 646. The van der Waals surface area contributed by atoms with Crippen LogP contribution in [0.2, 0.25) is 5.15 Å². The highest BCUT2D eigenvalue weighted by Crippen LogP contribution is 2.30. The number of hydrogen-bond acceptors (Lipinski definition) is 3. The minimum atomic E-state index is -4.73. The zero-order valence-corrected chi connectivity index (χ0v) is 10.8. The van der Waals surface area contributed by atoms with E-state index in [1.807, 2.05) is 0 Å². The van der Waals surface area contributed by atoms with Crippen LogP contribution in [0.3, 0.4) is 0 Å². The molecular weight excluding hydrogens is 300 g/mol. The molecule has 0 aliphatic heterocycles. The Morgan fingerprint density at radius 3 is 2.45 bits per heavy atom. The van der Waals surface area contributed by atoms with E-state index in [0.29, 0.717) is 5.56 Å². The first-order valence-electron chi connectivity index (χ1n) is 5.31. The topological polar surface area (TPSA) is 35.0 Å². The zero-order chi connectivity index (χ0) is 14.9. The lowest BCUT2D eigenvalue weighted by molar-refractivity contribution is -0.145. The van der Waals surface area contributed by atoms with Gasteiger partial charge in [0.1, 0.15) is 16.7 Å². The Kier molecular flexibility index (Phi) is 3.80. The molecule has 0 aliphatic rings. The quantitative estimate of drug-likeness (QED) is 0.610. The molecule has 106 valence electrons. The predicted molar refractivity (Wildman–Crippen MR) is 63.3 cm³/mol. The van der Waals surface area contributed by atoms with Crippen molar-refractivity contribution in [3.05, 3.63) is 46.6 Å². The third-order valence-electron chi connectivity index (χ3n) is 2.28. The average molecular weight is 307 g/mol. The number of rotatable bonds is 2. The number of nitrogens with zero attached hydrogens (tertiary/aromatic N) is 2. The molecule has 1 aromatic heterocycles. The fraction of sp³-hybridized carbons (Fsp3) is 0.167. The molecule has 2 aromatic rings. The van der Waals surface area contributed by atoms with Crippen LogP contribution in [-0.4, -0.2) is 9.97 Å². The second kappa shape index (κ2) is 5.24. The summed E-state index contributed by atoms with van der Waals surface area (Å²) in [5.41, 5.74) is 0.290. The van der Waals surface area contributed by atoms with E-state index in [0.717, 1.165) is 12.1 Å². The van der Waals surface area contributed by atoms with Crippen molar-refractivity contribution in [3.8, 4) is 11.6 Å². The van der Waals surface area contributed by atoms with E-state index < -0.39 is 23.0 Å². The molecule has 0 amide bonds. The van der Waals surface area contributed by atoms with E-state index in [1.54, 1.807) is 0 Å². The van der Waals surface area contributed by atoms with Crippen molar-refractivity contribution in [2.24, 2.45) is 0 Å². The standard InChI is InChI=1S/C12H7ClF4N2O/c1-6-4-7(2-3-8(6)14)20-10-5-9(13)18-11(19-10)12(15,16)17/h2-5H,1H3. The van der Waals surface area contributed by atoms with Crippen LogP contribution in [0.15, 0.2) is 24.3 Å². The van der Waals surface area contributed by atoms with Crippen LogP contribution >= 0.6 is 11.6 Å². The monoisotopic (exact) mass is 306 g/mol. The molecule has 2 rings (SSSR count). The normalized spacial score (nSPS) is 11.5. The van der Waals surface area contributed by atoms with Crippen molar-refractivity contribution in [2.45, 2.75) is 13.1 Å². The van der Waals surface area contributed by atoms with E-state index >= 15 is 0 Å². The molecule has 0 unspecified atom stereocenters. The van der Waals surface area contributed by atoms with Crippen LogP contribution in [0, 0.1) is 12.7 Å². The number of aromatic nitrogens is 2. The van der Waals surface area contributed by atoms with Gasteiger partial charge in [-0.25, -0.2) is 9.37 Å². The molecule has 1 aromatic carbocycles. The number of aryl methyl sites for hydroxylation is 1. The first-order valence-corrected chi connectivity index (χ1v) is 5.69. The maximum absolute atomic E-state index is 13.1. The number of alkyl halides is 3. The molecule has 0 N–H and O–H groups in total. The lowest BCUT2D eigenvalue weighted by atomic mass is 10.2. The zero-order valence-electron chi connectivity index (χ0n) is 10.0. The first kappa shape index (κ1) is 14.5. The number of hydrogen-bond donors (Lipinski definition) is 0. The molecule has 0 saturated carbocycles. The van der Waals surface area contributed by atoms with Crippen molar-refractivity contribution < 1.29 is 22.3 Å². The molecule has 0 atom stereocenters. The highest BCUT2D eigenvalue weighted by Gasteiger charge is 2.35. The molecule has 0 saturated heterocycles. The summed E-state index contributed by atoms with van der Waals surface area (Å²) in [6.45, 7) is 1.50. The van der Waals surface area contributed by atoms with Gasteiger partial charge in [0.2, 0.25) is 11.7 Å². The molecule has 20 heavy (non-hydrogen) atoms. The van der Waals surface area contributed by atoms with E-state index in [1.165, 1.54) is 19.1 Å². The van der Waals surface area contributed by atoms with E-state index in [-0.39, 0.29) is 11.6 Å². The molecule has 8 heteroatoms. The molecular formula is C12H7ClF4N2O. The molecule has 1 heterocycles. The maximum Gasteiger partial charge on any atom is 0.451 e. The fourth-order valence-electron chi connectivity index (χ4n) is 1.38. The van der Waals surface area contributed by atoms with Crippen molar-refractivity contribution >= 4 is 11.6 Å². The van der Waals surface area contributed by atoms with E-state index in [2.05, 4.69) is 9.97 Å². The minimum absolute atomic E-state index is 0.145. The smallest absolute Gasteiger partial charge is 0.439 e. The summed E-state index contributed by atoms with van der Waals surface area (Å²) in [5, 5.41) is -0.402. The summed E-state index contributed by atoms with van der Waals surface area (Å²) >= 11 is 5.49. The van der Waals surface area contributed by atoms with Crippen molar-refractivity contribution in [1.82, 2.24) is 9.97 Å². The van der Waals surface area contributed by atoms with Gasteiger partial charge in [-0.1, -0.05) is 11.6 Å². The Morgan fingerprint density at radius 2 is 1.85 bits per heavy atom. The molecule has 0 fully saturated rings. The maximum atomic E-state index is 13.1. The van der Waals surface area contributed by atoms with Crippen LogP contribution in [-0.2, 0) is 6.18 Å². The molecule has 3 nitrogen and oxygen atoms in total. The summed E-state index contributed by atoms with van der Waals surface area (Å²) in [5.74, 6) is -2.08. The Labute approximate surface area is 116 Å². The number of halogens is 5. The Hall–Kier alpha value is -1.89. The van der Waals surface area contributed by atoms with Crippen molar-refractivity contribution in [3.63, 3.8) is 0 Å². The minimum Gasteiger partial charge on any atom is -0.439 e. The lowest BCUT2D eigenvalue weighted by Crippen LogP contribution is -2.11. The molecule has 0 aliphatic carbocycles. The number of benzene rings is 1. The highest BCUT2D eigenvalue weighted by molar-refractivity contribution is 6.29. The summed E-state index contributed by atoms with van der Waals surface area (Å²) < 4.78 is 55.7. The predicted octanol–water partition coefficient (Wildman–Crippen LogP) is 4.39. The number of ether oxygens (including phenoxy) is 1. The fourth-order valence-corrected chi connectivity index (χ4v) is 1.55. The van der Waals surface area contributed by atoms with Gasteiger partial charge in [-0.05, 0) is 30.7 Å². The van der Waals surface area contributed by atoms with Crippen LogP contribution in [0.4, 0.5) is 17.6 Å². The Balaban J connectivity index is 2.33. The van der Waals surface area contributed by atoms with E-state index in [4.69, 9.17) is 16.3 Å². The van der Waals surface area contributed by atoms with Gasteiger partial charge < -0.3 is 4.74 Å². The molecule has 0 spiro atoms. The Morgan fingerprint density at radius 1 is 1.15 bits per heavy atom. The summed E-state index contributed by atoms with van der Waals surface area (Å²) in [6, 6.07) is 4.78. The van der Waals surface area contributed by atoms with Gasteiger partial charge in [-0.2, -0.15) is 18.2 Å². The largest absolute Gasteiger partial charge is 0.451 e. The summed E-state index contributed by atoms with van der Waals surface area (Å²) in [7, 11) is 0. The van der Waals surface area contributed by atoms with Gasteiger partial charge >= 0.3 is 6.18 Å². The highest BCUT2D eigenvalue weighted by atomic mass is 35.5. The molecule has 0 radical (unpaired) electrons. The third-order valence-corrected chi connectivity index (χ3v) is 2.47. The second-order valence-electron chi connectivity index (χ2n) is 3.86. The second-order valence-corrected chi connectivity index (χ2v) is 4.25. The average Bonchev–Trinajstić information content (AvgIpc) is 2.32. The van der Waals surface area contributed by atoms with E-state index in [9.17, 15) is 17.6 Å². The van der Waals surface area contributed by atoms with Crippen molar-refractivity contribution in [1.29, 1.82) is 0 Å². The van der Waals surface area contributed by atoms with Crippen LogP contribution in [0.1, 0.15) is 11.4 Å². The van der Waals surface area contributed by atoms with Gasteiger partial charge in [0.15, 0.2) is 0 Å². The van der Waals surface area contributed by atoms with Gasteiger partial charge in [0, 0.05) is 6.07 Å². The SMILES string of the molecule is Cc1cc(Oc2cc(Cl)nc(C(F)(F)F)n2)ccc1F. The van der Waals surface area contributed by atoms with Crippen LogP contribution in [0.25, 0.3) is 0 Å². The van der Waals surface area contributed by atoms with Gasteiger partial charge in [-0.3, -0.25) is 0 Å². The van der Waals surface area contributed by atoms with Crippen molar-refractivity contribution in [2.75, 3.05) is 0 Å². The van der Waals surface area contributed by atoms with Crippen LogP contribution < -0.4 is 4.74 Å². The van der Waals surface area contributed by atoms with Gasteiger partial charge in [-0.15, -0.1) is 0 Å². The van der Waals surface area contributed by atoms with Gasteiger partial charge in [0.25, 0.3) is 0 Å². The lowest BCUT2D eigenvalue weighted by Gasteiger charge is -2.09. The van der Waals surface area contributed by atoms with Crippen LogP contribution in [0.5, 0.6) is 11.6 Å². The molecule has 0 bridgehead atoms. The first-order chi connectivity index (χ1) is 9.25.